The monoisotopic (exact) mass is 338 g/mol. The minimum absolute atomic E-state index is 0.188. The fraction of sp³-hybridized carbons (Fsp3) is 0.111. The van der Waals surface area contributed by atoms with E-state index in [1.807, 2.05) is 17.5 Å². The van der Waals surface area contributed by atoms with Crippen LogP contribution in [-0.4, -0.2) is 5.91 Å². The fourth-order valence-electron chi connectivity index (χ4n) is 2.13. The van der Waals surface area contributed by atoms with Gasteiger partial charge in [-0.05, 0) is 35.7 Å². The number of ether oxygens (including phenoxy) is 1. The Kier molecular flexibility index (Phi) is 4.94. The Bertz CT molecular complexity index is 863. The van der Waals surface area contributed by atoms with E-state index < -0.39 is 0 Å². The van der Waals surface area contributed by atoms with Crippen molar-refractivity contribution in [2.24, 2.45) is 0 Å². The molecule has 3 rings (SSSR count). The van der Waals surface area contributed by atoms with Gasteiger partial charge in [-0.3, -0.25) is 4.79 Å². The quantitative estimate of drug-likeness (QED) is 0.743. The number of rotatable bonds is 6. The van der Waals surface area contributed by atoms with E-state index in [1.165, 1.54) is 6.26 Å². The third-order valence-corrected chi connectivity index (χ3v) is 4.19. The van der Waals surface area contributed by atoms with Crippen LogP contribution in [0.3, 0.4) is 0 Å². The van der Waals surface area contributed by atoms with Crippen LogP contribution in [0.4, 0.5) is 0 Å². The maximum atomic E-state index is 12.2. The molecule has 1 aromatic carbocycles. The number of nitrogens with one attached hydrogen (secondary N) is 1. The average Bonchev–Trinajstić information content (AvgIpc) is 3.29. The predicted octanol–water partition coefficient (Wildman–Crippen LogP) is 3.72. The van der Waals surface area contributed by atoms with Gasteiger partial charge in [0.25, 0.3) is 5.91 Å². The zero-order valence-corrected chi connectivity index (χ0v) is 13.5. The van der Waals surface area contributed by atoms with Crippen molar-refractivity contribution >= 4 is 17.2 Å². The van der Waals surface area contributed by atoms with Gasteiger partial charge in [0.1, 0.15) is 12.4 Å². The summed E-state index contributed by atoms with van der Waals surface area (Å²) in [7, 11) is 0. The van der Waals surface area contributed by atoms with Crippen LogP contribution in [0.2, 0.25) is 0 Å². The van der Waals surface area contributed by atoms with E-state index in [9.17, 15) is 4.79 Å². The van der Waals surface area contributed by atoms with Gasteiger partial charge in [-0.1, -0.05) is 12.1 Å². The number of thiophene rings is 1. The molecule has 6 heteroatoms. The molecule has 2 aromatic heterocycles. The second kappa shape index (κ2) is 7.49. The van der Waals surface area contributed by atoms with Crippen LogP contribution < -0.4 is 10.1 Å². The minimum atomic E-state index is -0.280. The summed E-state index contributed by atoms with van der Waals surface area (Å²) in [6, 6.07) is 14.5. The maximum absolute atomic E-state index is 12.2. The van der Waals surface area contributed by atoms with Crippen LogP contribution in [0.1, 0.15) is 26.6 Å². The SMILES string of the molecule is N#Cc1cccc(OCc2ccoc2C(=O)NCc2cccs2)c1. The maximum Gasteiger partial charge on any atom is 0.287 e. The highest BCUT2D eigenvalue weighted by Crippen LogP contribution is 2.17. The molecule has 0 atom stereocenters. The van der Waals surface area contributed by atoms with Gasteiger partial charge < -0.3 is 14.5 Å². The molecule has 0 radical (unpaired) electrons. The molecular weight excluding hydrogens is 324 g/mol. The van der Waals surface area contributed by atoms with Crippen molar-refractivity contribution in [2.75, 3.05) is 0 Å². The first-order valence-corrected chi connectivity index (χ1v) is 8.14. The third kappa shape index (κ3) is 3.83. The number of furan rings is 1. The van der Waals surface area contributed by atoms with Crippen molar-refractivity contribution in [3.8, 4) is 11.8 Å². The Morgan fingerprint density at radius 1 is 1.29 bits per heavy atom. The molecule has 3 aromatic rings. The van der Waals surface area contributed by atoms with Crippen molar-refractivity contribution in [2.45, 2.75) is 13.2 Å². The number of nitrogens with zero attached hydrogens (tertiary/aromatic N) is 1. The highest BCUT2D eigenvalue weighted by molar-refractivity contribution is 7.09. The third-order valence-electron chi connectivity index (χ3n) is 3.31. The molecule has 0 aliphatic rings. The van der Waals surface area contributed by atoms with Crippen LogP contribution in [-0.2, 0) is 13.2 Å². The van der Waals surface area contributed by atoms with Gasteiger partial charge in [-0.15, -0.1) is 11.3 Å². The standard InChI is InChI=1S/C18H14N2O3S/c19-10-13-3-1-4-15(9-13)23-12-14-6-7-22-17(14)18(21)20-11-16-5-2-8-24-16/h1-9H,11-12H2,(H,20,21). The van der Waals surface area contributed by atoms with Crippen molar-refractivity contribution in [3.63, 3.8) is 0 Å². The topological polar surface area (TPSA) is 75.3 Å². The average molecular weight is 338 g/mol. The zero-order valence-electron chi connectivity index (χ0n) is 12.7. The van der Waals surface area contributed by atoms with E-state index in [1.54, 1.807) is 41.7 Å². The lowest BCUT2D eigenvalue weighted by Gasteiger charge is -2.07. The normalized spacial score (nSPS) is 10.1. The van der Waals surface area contributed by atoms with Gasteiger partial charge in [0, 0.05) is 10.4 Å². The Labute approximate surface area is 143 Å². The first-order valence-electron chi connectivity index (χ1n) is 7.26. The van der Waals surface area contributed by atoms with Gasteiger partial charge in [0.05, 0.1) is 24.4 Å². The number of carbonyl (C=O) groups is 1. The number of amides is 1. The number of hydrogen-bond donors (Lipinski definition) is 1. The van der Waals surface area contributed by atoms with E-state index in [-0.39, 0.29) is 18.3 Å². The summed E-state index contributed by atoms with van der Waals surface area (Å²) in [6.45, 7) is 0.648. The molecule has 1 N–H and O–H groups in total. The predicted molar refractivity (Wildman–Crippen MR) is 89.7 cm³/mol. The van der Waals surface area contributed by atoms with Crippen molar-refractivity contribution in [3.05, 3.63) is 75.9 Å². The molecule has 2 heterocycles. The molecule has 1 amide bonds. The summed E-state index contributed by atoms with van der Waals surface area (Å²) in [5.74, 6) is 0.529. The van der Waals surface area contributed by atoms with Crippen LogP contribution >= 0.6 is 11.3 Å². The molecule has 0 saturated heterocycles. The lowest BCUT2D eigenvalue weighted by molar-refractivity contribution is 0.0920. The molecule has 0 fully saturated rings. The molecule has 5 nitrogen and oxygen atoms in total. The van der Waals surface area contributed by atoms with Gasteiger partial charge in [-0.2, -0.15) is 5.26 Å². The summed E-state index contributed by atoms with van der Waals surface area (Å²) in [6.07, 6.45) is 1.46. The zero-order chi connectivity index (χ0) is 16.8. The van der Waals surface area contributed by atoms with Gasteiger partial charge in [-0.25, -0.2) is 0 Å². The summed E-state index contributed by atoms with van der Waals surface area (Å²) < 4.78 is 10.9. The lowest BCUT2D eigenvalue weighted by Crippen LogP contribution is -2.23. The van der Waals surface area contributed by atoms with E-state index in [4.69, 9.17) is 14.4 Å². The van der Waals surface area contributed by atoms with Crippen LogP contribution in [0.25, 0.3) is 0 Å². The number of benzene rings is 1. The molecule has 24 heavy (non-hydrogen) atoms. The summed E-state index contributed by atoms with van der Waals surface area (Å²) >= 11 is 1.58. The van der Waals surface area contributed by atoms with Crippen LogP contribution in [0.15, 0.2) is 58.5 Å². The van der Waals surface area contributed by atoms with E-state index in [0.717, 1.165) is 4.88 Å². The molecular formula is C18H14N2O3S. The largest absolute Gasteiger partial charge is 0.489 e. The van der Waals surface area contributed by atoms with Crippen LogP contribution in [0.5, 0.6) is 5.75 Å². The Morgan fingerprint density at radius 3 is 3.00 bits per heavy atom. The van der Waals surface area contributed by atoms with Gasteiger partial charge >= 0.3 is 0 Å². The highest BCUT2D eigenvalue weighted by atomic mass is 32.1. The van der Waals surface area contributed by atoms with Crippen molar-refractivity contribution in [1.82, 2.24) is 5.32 Å². The smallest absolute Gasteiger partial charge is 0.287 e. The molecule has 0 spiro atoms. The molecule has 0 unspecified atom stereocenters. The Balaban J connectivity index is 1.62. The van der Waals surface area contributed by atoms with E-state index in [0.29, 0.717) is 23.4 Å². The first-order chi connectivity index (χ1) is 11.8. The van der Waals surface area contributed by atoms with E-state index >= 15 is 0 Å². The molecule has 0 saturated carbocycles. The van der Waals surface area contributed by atoms with Crippen molar-refractivity contribution in [1.29, 1.82) is 5.26 Å². The second-order valence-corrected chi connectivity index (χ2v) is 6.00. The van der Waals surface area contributed by atoms with Gasteiger partial charge in [0.2, 0.25) is 0 Å². The first kappa shape index (κ1) is 15.8. The van der Waals surface area contributed by atoms with Crippen molar-refractivity contribution < 1.29 is 13.9 Å². The summed E-state index contributed by atoms with van der Waals surface area (Å²) in [4.78, 5) is 13.3. The van der Waals surface area contributed by atoms with E-state index in [2.05, 4.69) is 11.4 Å². The summed E-state index contributed by atoms with van der Waals surface area (Å²) in [5.41, 5.74) is 1.18. The fourth-order valence-corrected chi connectivity index (χ4v) is 2.77. The number of nitriles is 1. The minimum Gasteiger partial charge on any atom is -0.489 e. The molecule has 0 aliphatic carbocycles. The highest BCUT2D eigenvalue weighted by Gasteiger charge is 2.16. The lowest BCUT2D eigenvalue weighted by atomic mass is 10.2. The number of carbonyl (C=O) groups excluding carboxylic acids is 1. The second-order valence-electron chi connectivity index (χ2n) is 4.97. The molecule has 0 bridgehead atoms. The van der Waals surface area contributed by atoms with Gasteiger partial charge in [0.15, 0.2) is 5.76 Å². The molecule has 0 aliphatic heterocycles. The Hall–Kier alpha value is -3.04. The molecule has 120 valence electrons. The Morgan fingerprint density at radius 2 is 2.21 bits per heavy atom. The van der Waals surface area contributed by atoms with Crippen LogP contribution in [0, 0.1) is 11.3 Å². The summed E-state index contributed by atoms with van der Waals surface area (Å²) in [5, 5.41) is 13.7. The number of hydrogen-bond acceptors (Lipinski definition) is 5.